The van der Waals surface area contributed by atoms with Crippen molar-refractivity contribution in [1.82, 2.24) is 15.1 Å². The fourth-order valence-electron chi connectivity index (χ4n) is 2.04. The third-order valence-electron chi connectivity index (χ3n) is 3.34. The molecule has 1 amide bonds. The second-order valence-corrected chi connectivity index (χ2v) is 5.00. The Morgan fingerprint density at radius 3 is 2.65 bits per heavy atom. The number of carboxylic acid groups (broad SMARTS) is 1. The number of carbonyl (C=O) groups excluding carboxylic acids is 1. The zero-order chi connectivity index (χ0) is 16.7. The van der Waals surface area contributed by atoms with Gasteiger partial charge < -0.3 is 15.2 Å². The van der Waals surface area contributed by atoms with Crippen molar-refractivity contribution < 1.29 is 19.4 Å². The van der Waals surface area contributed by atoms with Gasteiger partial charge in [0.05, 0.1) is 18.9 Å². The van der Waals surface area contributed by atoms with Crippen LogP contribution in [0.5, 0.6) is 5.75 Å². The topological polar surface area (TPSA) is 93.5 Å². The molecule has 1 heterocycles. The first-order valence-corrected chi connectivity index (χ1v) is 7.24. The second-order valence-electron chi connectivity index (χ2n) is 5.00. The third kappa shape index (κ3) is 5.14. The summed E-state index contributed by atoms with van der Waals surface area (Å²) in [6, 6.07) is 7.69. The molecule has 23 heavy (non-hydrogen) atoms. The molecule has 0 aliphatic carbocycles. The predicted octanol–water partition coefficient (Wildman–Crippen LogP) is 1.34. The highest BCUT2D eigenvalue weighted by molar-refractivity contribution is 5.86. The Balaban J connectivity index is 1.69. The molecule has 2 aromatic rings. The zero-order valence-electron chi connectivity index (χ0n) is 12.9. The van der Waals surface area contributed by atoms with Crippen LogP contribution in [-0.4, -0.2) is 40.4 Å². The van der Waals surface area contributed by atoms with Crippen molar-refractivity contribution in [3.8, 4) is 5.75 Å². The highest BCUT2D eigenvalue weighted by Crippen LogP contribution is 2.11. The normalized spacial score (nSPS) is 10.3. The van der Waals surface area contributed by atoms with Gasteiger partial charge in [-0.25, -0.2) is 4.79 Å². The number of benzene rings is 1. The summed E-state index contributed by atoms with van der Waals surface area (Å²) in [4.78, 5) is 22.5. The van der Waals surface area contributed by atoms with Crippen LogP contribution in [0.1, 0.15) is 22.3 Å². The van der Waals surface area contributed by atoms with Gasteiger partial charge in [0.15, 0.2) is 0 Å². The van der Waals surface area contributed by atoms with Crippen molar-refractivity contribution >= 4 is 11.9 Å². The van der Waals surface area contributed by atoms with Crippen molar-refractivity contribution in [3.63, 3.8) is 0 Å². The molecule has 0 spiro atoms. The molecule has 0 unspecified atom stereocenters. The lowest BCUT2D eigenvalue weighted by Crippen LogP contribution is -2.26. The Morgan fingerprint density at radius 2 is 2.04 bits per heavy atom. The first-order valence-electron chi connectivity index (χ1n) is 7.24. The first kappa shape index (κ1) is 16.5. The molecule has 0 saturated carbocycles. The van der Waals surface area contributed by atoms with Crippen molar-refractivity contribution in [1.29, 1.82) is 0 Å². The molecule has 0 saturated heterocycles. The van der Waals surface area contributed by atoms with Crippen molar-refractivity contribution in [2.24, 2.45) is 0 Å². The molecule has 0 bridgehead atoms. The minimum atomic E-state index is -1.03. The van der Waals surface area contributed by atoms with E-state index in [1.54, 1.807) is 7.11 Å². The lowest BCUT2D eigenvalue weighted by atomic mass is 10.1. The minimum Gasteiger partial charge on any atom is -0.497 e. The number of nitrogens with zero attached hydrogens (tertiary/aromatic N) is 2. The molecule has 7 nitrogen and oxygen atoms in total. The number of methoxy groups -OCH3 is 1. The molecule has 1 aromatic heterocycles. The van der Waals surface area contributed by atoms with Crippen LogP contribution in [0, 0.1) is 0 Å². The van der Waals surface area contributed by atoms with Crippen LogP contribution >= 0.6 is 0 Å². The van der Waals surface area contributed by atoms with Gasteiger partial charge in [-0.2, -0.15) is 5.10 Å². The summed E-state index contributed by atoms with van der Waals surface area (Å²) in [6.07, 6.45) is 3.67. The zero-order valence-corrected chi connectivity index (χ0v) is 12.9. The molecule has 0 radical (unpaired) electrons. The number of hydrogen-bond acceptors (Lipinski definition) is 4. The Bertz CT molecular complexity index is 664. The van der Waals surface area contributed by atoms with E-state index in [1.807, 2.05) is 24.3 Å². The summed E-state index contributed by atoms with van der Waals surface area (Å²) in [5.41, 5.74) is 1.23. The van der Waals surface area contributed by atoms with E-state index in [9.17, 15) is 9.59 Å². The van der Waals surface area contributed by atoms with E-state index in [0.717, 1.165) is 17.7 Å². The number of carboxylic acids is 1. The molecule has 2 rings (SSSR count). The van der Waals surface area contributed by atoms with Gasteiger partial charge in [0, 0.05) is 25.7 Å². The Morgan fingerprint density at radius 1 is 1.30 bits per heavy atom. The van der Waals surface area contributed by atoms with Crippen LogP contribution in [0.4, 0.5) is 0 Å². The average molecular weight is 317 g/mol. The number of rotatable bonds is 8. The van der Waals surface area contributed by atoms with E-state index in [0.29, 0.717) is 13.1 Å². The van der Waals surface area contributed by atoms with Gasteiger partial charge in [0.25, 0.3) is 0 Å². The average Bonchev–Trinajstić information content (AvgIpc) is 3.03. The summed E-state index contributed by atoms with van der Waals surface area (Å²) in [6.45, 7) is 0.895. The molecule has 1 aromatic carbocycles. The number of aromatic carboxylic acids is 1. The van der Waals surface area contributed by atoms with E-state index in [1.165, 1.54) is 17.1 Å². The number of aromatic nitrogens is 2. The summed E-state index contributed by atoms with van der Waals surface area (Å²) in [5.74, 6) is -0.316. The molecule has 0 aliphatic heterocycles. The number of aryl methyl sites for hydroxylation is 1. The van der Waals surface area contributed by atoms with Crippen molar-refractivity contribution in [2.75, 3.05) is 13.7 Å². The van der Waals surface area contributed by atoms with Crippen LogP contribution in [0.3, 0.4) is 0 Å². The Kier molecular flexibility index (Phi) is 5.74. The van der Waals surface area contributed by atoms with E-state index in [4.69, 9.17) is 9.84 Å². The molecular weight excluding hydrogens is 298 g/mol. The van der Waals surface area contributed by atoms with Gasteiger partial charge in [-0.05, 0) is 24.1 Å². The van der Waals surface area contributed by atoms with E-state index < -0.39 is 5.97 Å². The number of nitrogens with one attached hydrogen (secondary N) is 1. The second kappa shape index (κ2) is 7.98. The van der Waals surface area contributed by atoms with Crippen LogP contribution in [0.15, 0.2) is 36.7 Å². The molecular formula is C16H19N3O4. The molecule has 2 N–H and O–H groups in total. The van der Waals surface area contributed by atoms with Crippen molar-refractivity contribution in [2.45, 2.75) is 19.4 Å². The van der Waals surface area contributed by atoms with Crippen LogP contribution in [-0.2, 0) is 17.8 Å². The van der Waals surface area contributed by atoms with Crippen molar-refractivity contribution in [3.05, 3.63) is 47.8 Å². The maximum absolute atomic E-state index is 11.8. The van der Waals surface area contributed by atoms with Gasteiger partial charge >= 0.3 is 5.97 Å². The van der Waals surface area contributed by atoms with Gasteiger partial charge in [-0.15, -0.1) is 0 Å². The fraction of sp³-hybridized carbons (Fsp3) is 0.312. The Labute approximate surface area is 133 Å². The van der Waals surface area contributed by atoms with Gasteiger partial charge in [-0.3, -0.25) is 9.48 Å². The van der Waals surface area contributed by atoms with E-state index in [2.05, 4.69) is 10.4 Å². The third-order valence-corrected chi connectivity index (χ3v) is 3.34. The quantitative estimate of drug-likeness (QED) is 0.766. The number of carbonyl (C=O) groups is 2. The van der Waals surface area contributed by atoms with Gasteiger partial charge in [-0.1, -0.05) is 12.1 Å². The maximum atomic E-state index is 11.8. The van der Waals surface area contributed by atoms with E-state index in [-0.39, 0.29) is 17.9 Å². The smallest absolute Gasteiger partial charge is 0.338 e. The minimum absolute atomic E-state index is 0.0918. The van der Waals surface area contributed by atoms with Gasteiger partial charge in [0.2, 0.25) is 5.91 Å². The Hall–Kier alpha value is -2.83. The highest BCUT2D eigenvalue weighted by Gasteiger charge is 2.07. The van der Waals surface area contributed by atoms with Crippen LogP contribution < -0.4 is 10.1 Å². The SMILES string of the molecule is COc1ccc(CCNC(=O)CCn2cc(C(=O)O)cn2)cc1. The number of amides is 1. The standard InChI is InChI=1S/C16H19N3O4/c1-23-14-4-2-12(3-5-14)6-8-17-15(20)7-9-19-11-13(10-18-19)16(21)22/h2-5,10-11H,6-9H2,1H3,(H,17,20)(H,21,22). The first-order chi connectivity index (χ1) is 11.1. The summed E-state index contributed by atoms with van der Waals surface area (Å²) >= 11 is 0. The van der Waals surface area contributed by atoms with E-state index >= 15 is 0 Å². The summed E-state index contributed by atoms with van der Waals surface area (Å²) in [5, 5.41) is 15.5. The molecule has 122 valence electrons. The number of ether oxygens (including phenoxy) is 1. The molecule has 0 aliphatic rings. The molecule has 0 atom stereocenters. The summed E-state index contributed by atoms with van der Waals surface area (Å²) in [7, 11) is 1.62. The fourth-order valence-corrected chi connectivity index (χ4v) is 2.04. The summed E-state index contributed by atoms with van der Waals surface area (Å²) < 4.78 is 6.54. The largest absolute Gasteiger partial charge is 0.497 e. The monoisotopic (exact) mass is 317 g/mol. The lowest BCUT2D eigenvalue weighted by Gasteiger charge is -2.06. The number of hydrogen-bond donors (Lipinski definition) is 2. The molecule has 0 fully saturated rings. The predicted molar refractivity (Wildman–Crippen MR) is 83.5 cm³/mol. The lowest BCUT2D eigenvalue weighted by molar-refractivity contribution is -0.121. The maximum Gasteiger partial charge on any atom is 0.338 e. The van der Waals surface area contributed by atoms with Crippen LogP contribution in [0.25, 0.3) is 0 Å². The highest BCUT2D eigenvalue weighted by atomic mass is 16.5. The van der Waals surface area contributed by atoms with Gasteiger partial charge in [0.1, 0.15) is 5.75 Å². The molecule has 7 heteroatoms. The van der Waals surface area contributed by atoms with Crippen LogP contribution in [0.2, 0.25) is 0 Å².